The van der Waals surface area contributed by atoms with E-state index in [0.717, 1.165) is 25.8 Å². The lowest BCUT2D eigenvalue weighted by atomic mass is 9.95. The van der Waals surface area contributed by atoms with E-state index in [-0.39, 0.29) is 24.0 Å². The predicted molar refractivity (Wildman–Crippen MR) is 94.6 cm³/mol. The molecule has 0 spiro atoms. The van der Waals surface area contributed by atoms with E-state index >= 15 is 0 Å². The van der Waals surface area contributed by atoms with E-state index < -0.39 is 0 Å². The van der Waals surface area contributed by atoms with Gasteiger partial charge in [0.2, 0.25) is 11.8 Å². The molecular formula is C19H27N3O2. The van der Waals surface area contributed by atoms with Crippen LogP contribution < -0.4 is 10.2 Å². The first-order valence-corrected chi connectivity index (χ1v) is 8.93. The molecule has 2 aliphatic rings. The van der Waals surface area contributed by atoms with Crippen molar-refractivity contribution in [2.24, 2.45) is 0 Å². The van der Waals surface area contributed by atoms with Crippen molar-refractivity contribution in [2.75, 3.05) is 11.9 Å². The first-order valence-electron chi connectivity index (χ1n) is 8.93. The van der Waals surface area contributed by atoms with Gasteiger partial charge in [-0.15, -0.1) is 0 Å². The number of carbonyl (C=O) groups excluding carboxylic acids is 2. The summed E-state index contributed by atoms with van der Waals surface area (Å²) in [5.41, 5.74) is 3.81. The van der Waals surface area contributed by atoms with Gasteiger partial charge in [-0.3, -0.25) is 19.8 Å². The number of aryl methyl sites for hydroxylation is 1. The number of nitrogens with zero attached hydrogens (tertiary/aromatic N) is 2. The molecule has 0 saturated carbocycles. The van der Waals surface area contributed by atoms with Crippen molar-refractivity contribution in [3.05, 3.63) is 29.3 Å². The Hall–Kier alpha value is -1.88. The molecule has 5 heteroatoms. The molecule has 1 N–H and O–H groups in total. The van der Waals surface area contributed by atoms with Gasteiger partial charge in [0.05, 0.1) is 12.2 Å². The molecule has 2 amide bonds. The maximum atomic E-state index is 12.4. The minimum absolute atomic E-state index is 0.141. The van der Waals surface area contributed by atoms with Crippen molar-refractivity contribution in [3.63, 3.8) is 0 Å². The van der Waals surface area contributed by atoms with Gasteiger partial charge < -0.3 is 4.90 Å². The zero-order valence-electron chi connectivity index (χ0n) is 14.8. The fraction of sp³-hybridized carbons (Fsp3) is 0.579. The second-order valence-corrected chi connectivity index (χ2v) is 6.95. The summed E-state index contributed by atoms with van der Waals surface area (Å²) in [6, 6.07) is 6.17. The Morgan fingerprint density at radius 1 is 1.29 bits per heavy atom. The molecule has 130 valence electrons. The smallest absolute Gasteiger partial charge is 0.243 e. The maximum absolute atomic E-state index is 12.4. The molecule has 2 unspecified atom stereocenters. The number of piperidine rings is 1. The number of hydrogen-bond donors (Lipinski definition) is 1. The van der Waals surface area contributed by atoms with Gasteiger partial charge in [-0.25, -0.2) is 0 Å². The van der Waals surface area contributed by atoms with Crippen molar-refractivity contribution in [2.45, 2.75) is 64.7 Å². The molecule has 2 heterocycles. The van der Waals surface area contributed by atoms with Crippen LogP contribution in [0.1, 0.15) is 50.2 Å². The van der Waals surface area contributed by atoms with E-state index in [1.807, 2.05) is 0 Å². The summed E-state index contributed by atoms with van der Waals surface area (Å²) in [6.45, 7) is 5.09. The average molecular weight is 329 g/mol. The summed E-state index contributed by atoms with van der Waals surface area (Å²) < 4.78 is 0. The standard InChI is InChI=1S/C19H27N3O2/c1-4-5-9-18-21(3)15-8-6-7-13(2)14(15)12-22(18)16-10-11-17(23)20-19(16)24/h6-8,16,18H,4-5,9-12H2,1-3H3,(H,20,23,24). The first-order chi connectivity index (χ1) is 11.5. The number of amides is 2. The average Bonchev–Trinajstić information content (AvgIpc) is 2.55. The second-order valence-electron chi connectivity index (χ2n) is 6.95. The topological polar surface area (TPSA) is 52.6 Å². The Bertz CT molecular complexity index is 643. The van der Waals surface area contributed by atoms with Crippen LogP contribution in [0.25, 0.3) is 0 Å². The Morgan fingerprint density at radius 3 is 2.79 bits per heavy atom. The lowest BCUT2D eigenvalue weighted by Gasteiger charge is -2.48. The Balaban J connectivity index is 1.94. The van der Waals surface area contributed by atoms with E-state index in [2.05, 4.69) is 54.2 Å². The largest absolute Gasteiger partial charge is 0.359 e. The normalized spacial score (nSPS) is 24.7. The molecule has 2 atom stereocenters. The number of hydrogen-bond acceptors (Lipinski definition) is 4. The second kappa shape index (κ2) is 6.93. The minimum atomic E-state index is -0.222. The lowest BCUT2D eigenvalue weighted by molar-refractivity contribution is -0.138. The monoisotopic (exact) mass is 329 g/mol. The molecular weight excluding hydrogens is 302 g/mol. The number of imide groups is 1. The highest BCUT2D eigenvalue weighted by Gasteiger charge is 2.39. The number of carbonyl (C=O) groups is 2. The highest BCUT2D eigenvalue weighted by molar-refractivity contribution is 6.00. The van der Waals surface area contributed by atoms with Crippen LogP contribution in [0.15, 0.2) is 18.2 Å². The summed E-state index contributed by atoms with van der Waals surface area (Å²) in [4.78, 5) is 28.6. The van der Waals surface area contributed by atoms with Gasteiger partial charge in [0, 0.05) is 25.7 Å². The van der Waals surface area contributed by atoms with Crippen LogP contribution in [-0.2, 0) is 16.1 Å². The van der Waals surface area contributed by atoms with E-state index in [1.165, 1.54) is 16.8 Å². The van der Waals surface area contributed by atoms with Gasteiger partial charge in [-0.2, -0.15) is 0 Å². The quantitative estimate of drug-likeness (QED) is 0.863. The van der Waals surface area contributed by atoms with E-state index in [0.29, 0.717) is 12.8 Å². The highest BCUT2D eigenvalue weighted by atomic mass is 16.2. The van der Waals surface area contributed by atoms with Crippen LogP contribution in [-0.4, -0.2) is 36.0 Å². The van der Waals surface area contributed by atoms with Gasteiger partial charge in [0.1, 0.15) is 0 Å². The molecule has 1 aromatic rings. The molecule has 0 aliphatic carbocycles. The van der Waals surface area contributed by atoms with Crippen molar-refractivity contribution in [3.8, 4) is 0 Å². The third-order valence-corrected chi connectivity index (χ3v) is 5.36. The molecule has 2 aliphatic heterocycles. The molecule has 0 radical (unpaired) electrons. The van der Waals surface area contributed by atoms with Crippen LogP contribution >= 0.6 is 0 Å². The fourth-order valence-electron chi connectivity index (χ4n) is 3.96. The molecule has 1 aromatic carbocycles. The van der Waals surface area contributed by atoms with Crippen molar-refractivity contribution >= 4 is 17.5 Å². The number of anilines is 1. The van der Waals surface area contributed by atoms with Crippen LogP contribution in [0.3, 0.4) is 0 Å². The third-order valence-electron chi connectivity index (χ3n) is 5.36. The Kier molecular flexibility index (Phi) is 4.90. The minimum Gasteiger partial charge on any atom is -0.359 e. The van der Waals surface area contributed by atoms with Gasteiger partial charge in [0.25, 0.3) is 0 Å². The lowest BCUT2D eigenvalue weighted by Crippen LogP contribution is -2.60. The Labute approximate surface area is 144 Å². The first kappa shape index (κ1) is 17.0. The fourth-order valence-corrected chi connectivity index (χ4v) is 3.96. The number of benzene rings is 1. The summed E-state index contributed by atoms with van der Waals surface area (Å²) in [6.07, 6.45) is 4.52. The SMILES string of the molecule is CCCCC1N(C)c2cccc(C)c2CN1C1CCC(=O)NC1=O. The molecule has 0 bridgehead atoms. The molecule has 3 rings (SSSR count). The zero-order valence-corrected chi connectivity index (χ0v) is 14.8. The van der Waals surface area contributed by atoms with Gasteiger partial charge in [-0.1, -0.05) is 31.9 Å². The van der Waals surface area contributed by atoms with Gasteiger partial charge in [0.15, 0.2) is 0 Å². The molecule has 24 heavy (non-hydrogen) atoms. The van der Waals surface area contributed by atoms with Crippen LogP contribution in [0.4, 0.5) is 5.69 Å². The van der Waals surface area contributed by atoms with Crippen LogP contribution in [0.5, 0.6) is 0 Å². The molecule has 5 nitrogen and oxygen atoms in total. The van der Waals surface area contributed by atoms with E-state index in [1.54, 1.807) is 0 Å². The van der Waals surface area contributed by atoms with Gasteiger partial charge in [-0.05, 0) is 37.0 Å². The summed E-state index contributed by atoms with van der Waals surface area (Å²) in [7, 11) is 2.12. The van der Waals surface area contributed by atoms with Crippen molar-refractivity contribution in [1.82, 2.24) is 10.2 Å². The number of nitrogens with one attached hydrogen (secondary N) is 1. The van der Waals surface area contributed by atoms with Gasteiger partial charge >= 0.3 is 0 Å². The zero-order chi connectivity index (χ0) is 17.3. The predicted octanol–water partition coefficient (Wildman–Crippen LogP) is 2.57. The molecule has 0 aromatic heterocycles. The highest BCUT2D eigenvalue weighted by Crippen LogP contribution is 2.35. The maximum Gasteiger partial charge on any atom is 0.243 e. The Morgan fingerprint density at radius 2 is 2.08 bits per heavy atom. The number of fused-ring (bicyclic) bond motifs is 1. The van der Waals surface area contributed by atoms with Crippen molar-refractivity contribution in [1.29, 1.82) is 0 Å². The molecule has 1 saturated heterocycles. The number of rotatable bonds is 4. The van der Waals surface area contributed by atoms with E-state index in [4.69, 9.17) is 0 Å². The third kappa shape index (κ3) is 3.05. The molecule has 1 fully saturated rings. The summed E-state index contributed by atoms with van der Waals surface area (Å²) >= 11 is 0. The van der Waals surface area contributed by atoms with Crippen LogP contribution in [0.2, 0.25) is 0 Å². The summed E-state index contributed by atoms with van der Waals surface area (Å²) in [5.74, 6) is -0.290. The van der Waals surface area contributed by atoms with Crippen LogP contribution in [0, 0.1) is 6.92 Å². The number of unbranched alkanes of at least 4 members (excludes halogenated alkanes) is 1. The summed E-state index contributed by atoms with van der Waals surface area (Å²) in [5, 5.41) is 2.52. The van der Waals surface area contributed by atoms with Crippen molar-refractivity contribution < 1.29 is 9.59 Å². The van der Waals surface area contributed by atoms with E-state index in [9.17, 15) is 9.59 Å².